The van der Waals surface area contributed by atoms with Gasteiger partial charge in [-0.25, -0.2) is 0 Å². The lowest BCUT2D eigenvalue weighted by Gasteiger charge is -1.71. The monoisotopic (exact) mass is 76.0 g/mol. The zero-order chi connectivity index (χ0) is 3.41. The van der Waals surface area contributed by atoms with Crippen LogP contribution in [0.5, 0.6) is 0 Å². The van der Waals surface area contributed by atoms with E-state index >= 15 is 0 Å². The average Bonchev–Trinajstić information content (AvgIpc) is 1.37. The van der Waals surface area contributed by atoms with Crippen molar-refractivity contribution in [2.24, 2.45) is 0 Å². The van der Waals surface area contributed by atoms with E-state index in [1.807, 2.05) is 6.26 Å². The standard InChI is InChI=1S/C2H6NS/c1-3-4-2/h1-2H3. The van der Waals surface area contributed by atoms with Crippen molar-refractivity contribution in [3.8, 4) is 0 Å². The van der Waals surface area contributed by atoms with Gasteiger partial charge in [0, 0.05) is 7.05 Å². The first-order valence-electron chi connectivity index (χ1n) is 1.04. The van der Waals surface area contributed by atoms with Crippen LogP contribution < -0.4 is 4.72 Å². The lowest BCUT2D eigenvalue weighted by molar-refractivity contribution is 1.28. The van der Waals surface area contributed by atoms with E-state index < -0.39 is 0 Å². The van der Waals surface area contributed by atoms with Crippen molar-refractivity contribution < 1.29 is 0 Å². The van der Waals surface area contributed by atoms with Crippen LogP contribution in [0.15, 0.2) is 0 Å². The van der Waals surface area contributed by atoms with Crippen LogP contribution in [0.1, 0.15) is 0 Å². The molecule has 0 spiro atoms. The Labute approximate surface area is 30.9 Å². The first kappa shape index (κ1) is 4.31. The van der Waals surface area contributed by atoms with Gasteiger partial charge < -0.3 is 0 Å². The van der Waals surface area contributed by atoms with Crippen molar-refractivity contribution >= 4 is 11.9 Å². The molecule has 0 aliphatic heterocycles. The normalized spacial score (nSPS) is 7.50. The van der Waals surface area contributed by atoms with Gasteiger partial charge in [-0.2, -0.15) is 4.72 Å². The molecule has 0 amide bonds. The highest BCUT2D eigenvalue weighted by molar-refractivity contribution is 7.96. The minimum atomic E-state index is 1.48. The Balaban J connectivity index is 1.97. The van der Waals surface area contributed by atoms with E-state index in [-0.39, 0.29) is 0 Å². The second-order valence-electron chi connectivity index (χ2n) is 0.365. The predicted molar refractivity (Wildman–Crippen MR) is 21.6 cm³/mol. The average molecular weight is 76.1 g/mol. The van der Waals surface area contributed by atoms with Gasteiger partial charge in [0.2, 0.25) is 0 Å². The Kier molecular flexibility index (Phi) is 3.57. The van der Waals surface area contributed by atoms with Crippen LogP contribution in [0.2, 0.25) is 0 Å². The molecule has 0 aliphatic carbocycles. The SMILES string of the molecule is C[N]SC. The van der Waals surface area contributed by atoms with Crippen molar-refractivity contribution in [1.82, 2.24) is 4.72 Å². The highest BCUT2D eigenvalue weighted by Gasteiger charge is 1.53. The van der Waals surface area contributed by atoms with Gasteiger partial charge in [0.1, 0.15) is 0 Å². The van der Waals surface area contributed by atoms with Crippen LogP contribution >= 0.6 is 11.9 Å². The van der Waals surface area contributed by atoms with Crippen LogP contribution in [0.4, 0.5) is 0 Å². The second kappa shape index (κ2) is 3.31. The molecule has 0 bridgehead atoms. The molecule has 0 aliphatic rings. The fraction of sp³-hybridized carbons (Fsp3) is 1.00. The minimum absolute atomic E-state index is 1.48. The molecule has 0 saturated heterocycles. The molecule has 0 rings (SSSR count). The summed E-state index contributed by atoms with van der Waals surface area (Å²) in [5, 5.41) is 0. The van der Waals surface area contributed by atoms with E-state index in [1.54, 1.807) is 7.05 Å². The molecule has 0 aromatic heterocycles. The van der Waals surface area contributed by atoms with E-state index in [1.165, 1.54) is 11.9 Å². The van der Waals surface area contributed by atoms with Gasteiger partial charge in [-0.3, -0.25) is 0 Å². The number of nitrogens with zero attached hydrogens (tertiary/aromatic N) is 1. The van der Waals surface area contributed by atoms with Crippen molar-refractivity contribution in [1.29, 1.82) is 0 Å². The van der Waals surface area contributed by atoms with Gasteiger partial charge >= 0.3 is 0 Å². The van der Waals surface area contributed by atoms with Crippen LogP contribution in [-0.4, -0.2) is 13.3 Å². The molecular weight excluding hydrogens is 70.1 g/mol. The van der Waals surface area contributed by atoms with Crippen LogP contribution in [0.3, 0.4) is 0 Å². The first-order chi connectivity index (χ1) is 1.91. The van der Waals surface area contributed by atoms with E-state index in [4.69, 9.17) is 0 Å². The Bertz CT molecular complexity index is 8.00. The maximum atomic E-state index is 3.65. The summed E-state index contributed by atoms with van der Waals surface area (Å²) < 4.78 is 3.65. The maximum Gasteiger partial charge on any atom is 0.0142 e. The fourth-order valence-corrected chi connectivity index (χ4v) is 0. The van der Waals surface area contributed by atoms with Crippen molar-refractivity contribution in [3.63, 3.8) is 0 Å². The quantitative estimate of drug-likeness (QED) is 0.415. The van der Waals surface area contributed by atoms with Crippen LogP contribution in [-0.2, 0) is 0 Å². The summed E-state index contributed by atoms with van der Waals surface area (Å²) in [6, 6.07) is 0. The van der Waals surface area contributed by atoms with Gasteiger partial charge in [-0.05, 0) is 6.26 Å². The van der Waals surface area contributed by atoms with Gasteiger partial charge in [-0.1, -0.05) is 11.9 Å². The predicted octanol–water partition coefficient (Wildman–Crippen LogP) is 0.499. The molecule has 4 heavy (non-hydrogen) atoms. The molecule has 0 aromatic carbocycles. The molecular formula is C2H6NS. The number of hydrogen-bond donors (Lipinski definition) is 0. The third-order valence-electron chi connectivity index (χ3n) is 0.183. The summed E-state index contributed by atoms with van der Waals surface area (Å²) in [4.78, 5) is 0. The van der Waals surface area contributed by atoms with Gasteiger partial charge in [-0.15, -0.1) is 0 Å². The molecule has 0 aromatic rings. The van der Waals surface area contributed by atoms with Gasteiger partial charge in [0.15, 0.2) is 0 Å². The lowest BCUT2D eigenvalue weighted by atomic mass is 11.6. The van der Waals surface area contributed by atoms with E-state index in [0.717, 1.165) is 0 Å². The third-order valence-corrected chi connectivity index (χ3v) is 0.548. The fourth-order valence-electron chi connectivity index (χ4n) is 0. The summed E-state index contributed by atoms with van der Waals surface area (Å²) in [5.41, 5.74) is 0. The molecule has 0 atom stereocenters. The van der Waals surface area contributed by atoms with Crippen LogP contribution in [0, 0.1) is 0 Å². The third kappa shape index (κ3) is 2.31. The molecule has 0 saturated carbocycles. The molecule has 1 nitrogen and oxygen atoms in total. The van der Waals surface area contributed by atoms with Crippen molar-refractivity contribution in [3.05, 3.63) is 0 Å². The zero-order valence-corrected chi connectivity index (χ0v) is 3.67. The maximum absolute atomic E-state index is 3.65. The molecule has 0 heterocycles. The smallest absolute Gasteiger partial charge is 0.0142 e. The van der Waals surface area contributed by atoms with Crippen molar-refractivity contribution in [2.75, 3.05) is 13.3 Å². The molecule has 0 unspecified atom stereocenters. The molecule has 0 fully saturated rings. The molecule has 1 radical (unpaired) electrons. The van der Waals surface area contributed by atoms with Crippen molar-refractivity contribution in [2.45, 2.75) is 0 Å². The first-order valence-corrected chi connectivity index (χ1v) is 2.22. The summed E-state index contributed by atoms with van der Waals surface area (Å²) in [5.74, 6) is 0. The minimum Gasteiger partial charge on any atom is -0.179 e. The Morgan fingerprint density at radius 2 is 2.00 bits per heavy atom. The van der Waals surface area contributed by atoms with E-state index in [0.29, 0.717) is 0 Å². The zero-order valence-electron chi connectivity index (χ0n) is 2.86. The summed E-state index contributed by atoms with van der Waals surface area (Å²) in [7, 11) is 1.77. The highest BCUT2D eigenvalue weighted by Crippen LogP contribution is 1.75. The summed E-state index contributed by atoms with van der Waals surface area (Å²) >= 11 is 1.48. The topological polar surface area (TPSA) is 14.1 Å². The van der Waals surface area contributed by atoms with E-state index in [9.17, 15) is 0 Å². The van der Waals surface area contributed by atoms with Gasteiger partial charge in [0.05, 0.1) is 0 Å². The Morgan fingerprint density at radius 3 is 2.00 bits per heavy atom. The second-order valence-corrected chi connectivity index (χ2v) is 1.10. The van der Waals surface area contributed by atoms with E-state index in [2.05, 4.69) is 4.72 Å². The Morgan fingerprint density at radius 1 is 1.75 bits per heavy atom. The number of rotatable bonds is 1. The molecule has 2 heteroatoms. The Hall–Kier alpha value is 0.310. The highest BCUT2D eigenvalue weighted by atomic mass is 32.2. The summed E-state index contributed by atoms with van der Waals surface area (Å²) in [6.45, 7) is 0. The number of hydrogen-bond acceptors (Lipinski definition) is 1. The summed E-state index contributed by atoms with van der Waals surface area (Å²) in [6.07, 6.45) is 1.93. The van der Waals surface area contributed by atoms with Crippen LogP contribution in [0.25, 0.3) is 0 Å². The molecule has 25 valence electrons. The lowest BCUT2D eigenvalue weighted by Crippen LogP contribution is -1.72. The largest absolute Gasteiger partial charge is 0.179 e. The molecule has 0 N–H and O–H groups in total. The van der Waals surface area contributed by atoms with Gasteiger partial charge in [0.25, 0.3) is 0 Å².